The van der Waals surface area contributed by atoms with E-state index in [2.05, 4.69) is 35.3 Å². The van der Waals surface area contributed by atoms with Gasteiger partial charge in [-0.2, -0.15) is 0 Å². The van der Waals surface area contributed by atoms with Gasteiger partial charge in [0.25, 0.3) is 0 Å². The van der Waals surface area contributed by atoms with Gasteiger partial charge in [0.2, 0.25) is 21.7 Å². The van der Waals surface area contributed by atoms with Crippen LogP contribution in [0.4, 0.5) is 23.0 Å². The number of hydrogen-bond donors (Lipinski definition) is 3. The molecular formula is C16H15BrClN5O4S2. The molecule has 29 heavy (non-hydrogen) atoms. The van der Waals surface area contributed by atoms with Gasteiger partial charge in [-0.1, -0.05) is 23.7 Å². The van der Waals surface area contributed by atoms with Crippen molar-refractivity contribution < 1.29 is 18.1 Å². The predicted octanol–water partition coefficient (Wildman–Crippen LogP) is 4.06. The van der Waals surface area contributed by atoms with Gasteiger partial charge in [0, 0.05) is 27.3 Å². The van der Waals surface area contributed by atoms with E-state index in [1.165, 1.54) is 26.2 Å². The molecule has 0 amide bonds. The monoisotopic (exact) mass is 519 g/mol. The zero-order valence-electron chi connectivity index (χ0n) is 15.1. The second-order valence-electron chi connectivity index (χ2n) is 5.90. The molecule has 13 heteroatoms. The van der Waals surface area contributed by atoms with E-state index in [0.717, 1.165) is 8.78 Å². The summed E-state index contributed by atoms with van der Waals surface area (Å²) in [5.74, 6) is -0.377. The highest BCUT2D eigenvalue weighted by atomic mass is 79.9. The van der Waals surface area contributed by atoms with E-state index in [4.69, 9.17) is 11.6 Å². The highest BCUT2D eigenvalue weighted by Gasteiger charge is 2.28. The molecule has 3 N–H and O–H groups in total. The zero-order chi connectivity index (χ0) is 21.3. The van der Waals surface area contributed by atoms with Crippen LogP contribution in [0.5, 0.6) is 5.75 Å². The van der Waals surface area contributed by atoms with E-state index < -0.39 is 31.8 Å². The maximum Gasteiger partial charge on any atom is 0.247 e. The first kappa shape index (κ1) is 21.7. The number of aromatic nitrogens is 2. The van der Waals surface area contributed by atoms with E-state index in [0.29, 0.717) is 5.69 Å². The summed E-state index contributed by atoms with van der Waals surface area (Å²) in [5, 5.41) is 16.2. The van der Waals surface area contributed by atoms with Crippen molar-refractivity contribution in [3.05, 3.63) is 45.9 Å². The van der Waals surface area contributed by atoms with Crippen molar-refractivity contribution in [1.82, 2.24) is 13.1 Å². The Hall–Kier alpha value is -1.96. The number of nitrogens with zero attached hydrogens (tertiary/aromatic N) is 3. The molecular weight excluding hydrogens is 506 g/mol. The Morgan fingerprint density at radius 2 is 1.69 bits per heavy atom. The molecule has 3 aromatic rings. The van der Waals surface area contributed by atoms with E-state index in [1.807, 2.05) is 12.1 Å². The summed E-state index contributed by atoms with van der Waals surface area (Å²) in [7, 11) is -1.37. The number of benzene rings is 2. The number of para-hydroxylation sites is 1. The minimum atomic E-state index is -4.01. The summed E-state index contributed by atoms with van der Waals surface area (Å²) in [5.41, 5.74) is 0.657. The number of nitrogens with one attached hydrogen (secondary N) is 2. The number of anilines is 4. The maximum absolute atomic E-state index is 12.5. The van der Waals surface area contributed by atoms with Gasteiger partial charge in [-0.05, 0) is 40.2 Å². The third kappa shape index (κ3) is 4.47. The normalized spacial score (nSPS) is 12.3. The van der Waals surface area contributed by atoms with Crippen LogP contribution in [0.2, 0.25) is 5.02 Å². The minimum Gasteiger partial charge on any atom is -0.546 e. The van der Waals surface area contributed by atoms with Crippen LogP contribution in [-0.2, 0) is 10.0 Å². The third-order valence-electron chi connectivity index (χ3n) is 3.77. The Kier molecular flexibility index (Phi) is 6.31. The molecule has 0 aliphatic heterocycles. The molecule has 154 valence electrons. The molecule has 0 radical (unpaired) electrons. The van der Waals surface area contributed by atoms with Crippen molar-refractivity contribution in [2.75, 3.05) is 24.7 Å². The predicted molar refractivity (Wildman–Crippen MR) is 115 cm³/mol. The van der Waals surface area contributed by atoms with Crippen molar-refractivity contribution in [2.45, 2.75) is 4.90 Å². The fraction of sp³-hybridized carbons (Fsp3) is 0.125. The smallest absolute Gasteiger partial charge is 0.247 e. The number of aromatic hydroxyl groups is 1. The van der Waals surface area contributed by atoms with Gasteiger partial charge in [0.05, 0.1) is 16.4 Å². The average Bonchev–Trinajstić information content (AvgIpc) is 2.98. The second-order valence-corrected chi connectivity index (χ2v) is 10.1. The summed E-state index contributed by atoms with van der Waals surface area (Å²) in [4.78, 5) is -0.453. The number of rotatable bonds is 6. The van der Waals surface area contributed by atoms with Gasteiger partial charge in [0.1, 0.15) is 4.90 Å². The summed E-state index contributed by atoms with van der Waals surface area (Å²) in [6.07, 6.45) is 0. The van der Waals surface area contributed by atoms with Crippen molar-refractivity contribution in [1.29, 1.82) is 0 Å². The van der Waals surface area contributed by atoms with E-state index in [9.17, 15) is 18.1 Å². The summed E-state index contributed by atoms with van der Waals surface area (Å²) in [6.45, 7) is 0. The summed E-state index contributed by atoms with van der Waals surface area (Å²) >= 11 is 7.52. The number of phenolic OH excluding ortho intramolecular Hbond substituents is 1. The number of hydrogen-bond acceptors (Lipinski definition) is 8. The van der Waals surface area contributed by atoms with Crippen molar-refractivity contribution in [2.24, 2.45) is 0 Å². The van der Waals surface area contributed by atoms with Gasteiger partial charge in [-0.25, -0.2) is 12.7 Å². The van der Waals surface area contributed by atoms with Crippen LogP contribution >= 0.6 is 38.7 Å². The average molecular weight is 521 g/mol. The Morgan fingerprint density at radius 1 is 1.10 bits per heavy atom. The maximum atomic E-state index is 12.5. The second kappa shape index (κ2) is 8.42. The lowest BCUT2D eigenvalue weighted by Gasteiger charge is -2.16. The quantitative estimate of drug-likeness (QED) is 0.328. The van der Waals surface area contributed by atoms with Gasteiger partial charge in [-0.15, -0.1) is 0 Å². The largest absolute Gasteiger partial charge is 0.546 e. The third-order valence-corrected chi connectivity index (χ3v) is 7.45. The highest BCUT2D eigenvalue weighted by molar-refractivity contribution is 9.10. The zero-order valence-corrected chi connectivity index (χ0v) is 19.0. The Bertz CT molecular complexity index is 1170. The Labute approximate surface area is 183 Å². The number of phenols is 1. The molecule has 0 bridgehead atoms. The van der Waals surface area contributed by atoms with Crippen molar-refractivity contribution in [3.63, 3.8) is 0 Å². The van der Waals surface area contributed by atoms with E-state index in [1.54, 1.807) is 12.1 Å². The standard InChI is InChI=1S/C16H15BrClN5O4S2/c1-23(2)29(26,27)14-10(18)7-8-12(13(14)24)20-16-15(21-28(25)22-16)19-11-6-4-3-5-9(11)17/h3-8,24H,1-2H3,(H,19,21)(H,20,22). The van der Waals surface area contributed by atoms with Gasteiger partial charge in [-0.3, -0.25) is 0 Å². The molecule has 0 spiro atoms. The first-order valence-electron chi connectivity index (χ1n) is 7.93. The van der Waals surface area contributed by atoms with Crippen LogP contribution in [0.15, 0.2) is 45.8 Å². The van der Waals surface area contributed by atoms with Crippen molar-refractivity contribution >= 4 is 71.7 Å². The van der Waals surface area contributed by atoms with Gasteiger partial charge < -0.3 is 20.3 Å². The van der Waals surface area contributed by atoms with Crippen LogP contribution < -0.4 is 10.6 Å². The fourth-order valence-corrected chi connectivity index (χ4v) is 4.80. The van der Waals surface area contributed by atoms with Crippen LogP contribution in [0.1, 0.15) is 0 Å². The molecule has 1 atom stereocenters. The molecule has 0 saturated heterocycles. The molecule has 0 aliphatic rings. The first-order valence-corrected chi connectivity index (χ1v) is 11.6. The molecule has 0 saturated carbocycles. The van der Waals surface area contributed by atoms with Gasteiger partial charge >= 0.3 is 0 Å². The SMILES string of the molecule is CN(C)S(=O)(=O)c1c(Cl)ccc(Nc2n[s+]([O-])nc2Nc2ccccc2Br)c1O. The highest BCUT2D eigenvalue weighted by Crippen LogP contribution is 2.40. The van der Waals surface area contributed by atoms with Crippen LogP contribution in [0.25, 0.3) is 0 Å². The molecule has 1 aromatic heterocycles. The lowest BCUT2D eigenvalue weighted by molar-refractivity contribution is 0.455. The number of sulfonamides is 1. The van der Waals surface area contributed by atoms with E-state index >= 15 is 0 Å². The van der Waals surface area contributed by atoms with Crippen LogP contribution in [0.3, 0.4) is 0 Å². The molecule has 9 nitrogen and oxygen atoms in total. The number of halogens is 2. The Balaban J connectivity index is 2.01. The Morgan fingerprint density at radius 3 is 2.28 bits per heavy atom. The van der Waals surface area contributed by atoms with Crippen molar-refractivity contribution in [3.8, 4) is 5.75 Å². The summed E-state index contributed by atoms with van der Waals surface area (Å²) < 4.78 is 46.3. The lowest BCUT2D eigenvalue weighted by atomic mass is 10.3. The molecule has 1 unspecified atom stereocenters. The fourth-order valence-electron chi connectivity index (χ4n) is 2.32. The first-order chi connectivity index (χ1) is 13.6. The summed E-state index contributed by atoms with van der Waals surface area (Å²) in [6, 6.07) is 9.91. The molecule has 0 fully saturated rings. The lowest BCUT2D eigenvalue weighted by Crippen LogP contribution is -2.22. The molecule has 2 aromatic carbocycles. The molecule has 0 aliphatic carbocycles. The molecule has 1 heterocycles. The topological polar surface area (TPSA) is 131 Å². The molecule has 3 rings (SSSR count). The van der Waals surface area contributed by atoms with Crippen LogP contribution in [-0.4, -0.2) is 45.2 Å². The minimum absolute atomic E-state index is 0.00843. The van der Waals surface area contributed by atoms with Gasteiger partial charge in [0.15, 0.2) is 16.9 Å². The van der Waals surface area contributed by atoms with Crippen LogP contribution in [0, 0.1) is 0 Å². The van der Waals surface area contributed by atoms with E-state index in [-0.39, 0.29) is 22.3 Å².